The Kier molecular flexibility index (Phi) is 1.84. The molecular weight excluding hydrogens is 128 g/mol. The van der Waals surface area contributed by atoms with Gasteiger partial charge in [-0.1, -0.05) is 19.1 Å². The Bertz CT molecular complexity index is 149. The fraction of sp³-hybridized carbons (Fsp3) is 0.750. The van der Waals surface area contributed by atoms with Crippen molar-refractivity contribution in [3.8, 4) is 0 Å². The van der Waals surface area contributed by atoms with Crippen molar-refractivity contribution in [1.82, 2.24) is 0 Å². The van der Waals surface area contributed by atoms with Gasteiger partial charge in [0, 0.05) is 0 Å². The van der Waals surface area contributed by atoms with Gasteiger partial charge in [-0.15, -0.1) is 0 Å². The van der Waals surface area contributed by atoms with Gasteiger partial charge in [0.2, 0.25) is 0 Å². The molecule has 0 bridgehead atoms. The predicted molar refractivity (Wildman–Crippen MR) is 39.6 cm³/mol. The molecule has 0 aromatic carbocycles. The van der Waals surface area contributed by atoms with Crippen LogP contribution >= 0.6 is 0 Å². The van der Waals surface area contributed by atoms with E-state index in [1.807, 2.05) is 13.0 Å². The molecule has 0 fully saturated rings. The number of hydrogen-bond donors (Lipinski definition) is 2. The van der Waals surface area contributed by atoms with Crippen LogP contribution in [-0.4, -0.2) is 21.9 Å². The Balaban J connectivity index is 2.77. The monoisotopic (exact) mass is 142 g/mol. The highest BCUT2D eigenvalue weighted by molar-refractivity contribution is 5.08. The predicted octanol–water partition coefficient (Wildman–Crippen LogP) is 0.694. The molecule has 58 valence electrons. The van der Waals surface area contributed by atoms with E-state index < -0.39 is 11.7 Å². The summed E-state index contributed by atoms with van der Waals surface area (Å²) in [5, 5.41) is 18.9. The zero-order valence-corrected chi connectivity index (χ0v) is 6.41. The molecule has 0 aromatic heterocycles. The van der Waals surface area contributed by atoms with E-state index in [0.29, 0.717) is 0 Å². The van der Waals surface area contributed by atoms with Gasteiger partial charge in [0.05, 0.1) is 6.10 Å². The number of aliphatic hydroxyl groups is 2. The van der Waals surface area contributed by atoms with Crippen molar-refractivity contribution < 1.29 is 10.2 Å². The summed E-state index contributed by atoms with van der Waals surface area (Å²) in [6.45, 7) is 3.56. The summed E-state index contributed by atoms with van der Waals surface area (Å²) in [6.07, 6.45) is 3.82. The summed E-state index contributed by atoms with van der Waals surface area (Å²) in [5.41, 5.74) is -1.02. The van der Waals surface area contributed by atoms with Crippen LogP contribution in [0.3, 0.4) is 0 Å². The van der Waals surface area contributed by atoms with Gasteiger partial charge >= 0.3 is 0 Å². The van der Waals surface area contributed by atoms with Gasteiger partial charge in [-0.25, -0.2) is 0 Å². The molecule has 0 spiro atoms. The lowest BCUT2D eigenvalue weighted by atomic mass is 9.83. The van der Waals surface area contributed by atoms with E-state index in [-0.39, 0.29) is 5.92 Å². The van der Waals surface area contributed by atoms with Crippen LogP contribution in [0.5, 0.6) is 0 Å². The Morgan fingerprint density at radius 1 is 1.60 bits per heavy atom. The number of rotatable bonds is 0. The highest BCUT2D eigenvalue weighted by Gasteiger charge is 2.33. The van der Waals surface area contributed by atoms with Crippen molar-refractivity contribution in [2.75, 3.05) is 0 Å². The summed E-state index contributed by atoms with van der Waals surface area (Å²) in [5.74, 6) is 0.167. The van der Waals surface area contributed by atoms with Crippen LogP contribution in [0, 0.1) is 5.92 Å². The Labute approximate surface area is 61.2 Å². The molecule has 1 rings (SSSR count). The lowest BCUT2D eigenvalue weighted by molar-refractivity contribution is -0.0587. The minimum atomic E-state index is -1.02. The molecule has 3 atom stereocenters. The van der Waals surface area contributed by atoms with E-state index in [2.05, 4.69) is 0 Å². The molecule has 0 heterocycles. The molecule has 0 amide bonds. The average molecular weight is 142 g/mol. The van der Waals surface area contributed by atoms with Gasteiger partial charge in [-0.2, -0.15) is 0 Å². The van der Waals surface area contributed by atoms with E-state index in [0.717, 1.165) is 6.42 Å². The quantitative estimate of drug-likeness (QED) is 0.489. The number of allylic oxidation sites excluding steroid dienone is 1. The third-order valence-electron chi connectivity index (χ3n) is 2.10. The van der Waals surface area contributed by atoms with Crippen LogP contribution in [-0.2, 0) is 0 Å². The van der Waals surface area contributed by atoms with Crippen molar-refractivity contribution in [2.24, 2.45) is 5.92 Å². The second-order valence-corrected chi connectivity index (χ2v) is 3.29. The molecule has 2 nitrogen and oxygen atoms in total. The number of hydrogen-bond acceptors (Lipinski definition) is 2. The number of aliphatic hydroxyl groups excluding tert-OH is 1. The largest absolute Gasteiger partial charge is 0.390 e. The van der Waals surface area contributed by atoms with Gasteiger partial charge < -0.3 is 10.2 Å². The minimum absolute atomic E-state index is 0.167. The highest BCUT2D eigenvalue weighted by atomic mass is 16.3. The van der Waals surface area contributed by atoms with Crippen LogP contribution in [0.4, 0.5) is 0 Å². The molecule has 2 N–H and O–H groups in total. The molecule has 0 aliphatic heterocycles. The Morgan fingerprint density at radius 3 is 2.60 bits per heavy atom. The highest BCUT2D eigenvalue weighted by Crippen LogP contribution is 2.26. The molecule has 0 saturated heterocycles. The van der Waals surface area contributed by atoms with Crippen molar-refractivity contribution >= 4 is 0 Å². The van der Waals surface area contributed by atoms with Gasteiger partial charge in [0.1, 0.15) is 5.60 Å². The fourth-order valence-electron chi connectivity index (χ4n) is 1.32. The Morgan fingerprint density at radius 2 is 2.20 bits per heavy atom. The first kappa shape index (κ1) is 7.76. The van der Waals surface area contributed by atoms with E-state index >= 15 is 0 Å². The second-order valence-electron chi connectivity index (χ2n) is 3.29. The summed E-state index contributed by atoms with van der Waals surface area (Å²) < 4.78 is 0. The van der Waals surface area contributed by atoms with E-state index in [1.165, 1.54) is 0 Å². The SMILES string of the molecule is C[C@@H]1CC=C[C@](C)(O)[C@@H]1O. The maximum Gasteiger partial charge on any atom is 0.106 e. The van der Waals surface area contributed by atoms with Crippen LogP contribution in [0.15, 0.2) is 12.2 Å². The molecular formula is C8H14O2. The topological polar surface area (TPSA) is 40.5 Å². The fourth-order valence-corrected chi connectivity index (χ4v) is 1.32. The van der Waals surface area contributed by atoms with Gasteiger partial charge in [-0.05, 0) is 19.3 Å². The van der Waals surface area contributed by atoms with Crippen LogP contribution in [0.25, 0.3) is 0 Å². The normalized spacial score (nSPS) is 47.6. The van der Waals surface area contributed by atoms with Crippen LogP contribution in [0.1, 0.15) is 20.3 Å². The summed E-state index contributed by atoms with van der Waals surface area (Å²) in [7, 11) is 0. The maximum absolute atomic E-state index is 9.48. The molecule has 2 heteroatoms. The molecule has 1 aliphatic rings. The van der Waals surface area contributed by atoms with E-state index in [4.69, 9.17) is 0 Å². The molecule has 0 unspecified atom stereocenters. The zero-order chi connectivity index (χ0) is 7.78. The van der Waals surface area contributed by atoms with Crippen molar-refractivity contribution in [2.45, 2.75) is 32.0 Å². The summed E-state index contributed by atoms with van der Waals surface area (Å²) >= 11 is 0. The average Bonchev–Trinajstić information content (AvgIpc) is 1.83. The second kappa shape index (κ2) is 2.36. The smallest absolute Gasteiger partial charge is 0.106 e. The summed E-state index contributed by atoms with van der Waals surface area (Å²) in [6, 6.07) is 0. The first-order chi connectivity index (χ1) is 4.54. The first-order valence-electron chi connectivity index (χ1n) is 3.62. The first-order valence-corrected chi connectivity index (χ1v) is 3.62. The maximum atomic E-state index is 9.48. The third kappa shape index (κ3) is 1.22. The molecule has 10 heavy (non-hydrogen) atoms. The standard InChI is InChI=1S/C8H14O2/c1-6-4-3-5-8(2,10)7(6)9/h3,5-7,9-10H,4H2,1-2H3/t6-,7-,8+/m1/s1. The third-order valence-corrected chi connectivity index (χ3v) is 2.10. The molecule has 0 saturated carbocycles. The minimum Gasteiger partial charge on any atom is -0.390 e. The molecule has 0 radical (unpaired) electrons. The van der Waals surface area contributed by atoms with E-state index in [1.54, 1.807) is 13.0 Å². The van der Waals surface area contributed by atoms with Crippen molar-refractivity contribution in [1.29, 1.82) is 0 Å². The molecule has 0 aromatic rings. The van der Waals surface area contributed by atoms with Crippen molar-refractivity contribution in [3.63, 3.8) is 0 Å². The van der Waals surface area contributed by atoms with Crippen molar-refractivity contribution in [3.05, 3.63) is 12.2 Å². The Hall–Kier alpha value is -0.340. The van der Waals surface area contributed by atoms with Crippen LogP contribution < -0.4 is 0 Å². The van der Waals surface area contributed by atoms with Gasteiger partial charge in [0.25, 0.3) is 0 Å². The van der Waals surface area contributed by atoms with Gasteiger partial charge in [0.15, 0.2) is 0 Å². The lowest BCUT2D eigenvalue weighted by Gasteiger charge is -2.33. The summed E-state index contributed by atoms with van der Waals surface area (Å²) in [4.78, 5) is 0. The lowest BCUT2D eigenvalue weighted by Crippen LogP contribution is -2.43. The van der Waals surface area contributed by atoms with Crippen LogP contribution in [0.2, 0.25) is 0 Å². The molecule has 1 aliphatic carbocycles. The zero-order valence-electron chi connectivity index (χ0n) is 6.41. The van der Waals surface area contributed by atoms with E-state index in [9.17, 15) is 10.2 Å². The van der Waals surface area contributed by atoms with Gasteiger partial charge in [-0.3, -0.25) is 0 Å².